The van der Waals surface area contributed by atoms with Crippen LogP contribution in [0.2, 0.25) is 0 Å². The van der Waals surface area contributed by atoms with Crippen molar-refractivity contribution in [3.8, 4) is 0 Å². The fraction of sp³-hybridized carbons (Fsp3) is 0.923. The van der Waals surface area contributed by atoms with Gasteiger partial charge in [0.1, 0.15) is 0 Å². The smallest absolute Gasteiger partial charge is 0.223 e. The third-order valence-corrected chi connectivity index (χ3v) is 4.33. The molecule has 2 fully saturated rings. The number of ether oxygens (including phenoxy) is 1. The van der Waals surface area contributed by atoms with Gasteiger partial charge in [0.05, 0.1) is 17.6 Å². The van der Waals surface area contributed by atoms with Crippen molar-refractivity contribution in [2.24, 2.45) is 0 Å². The van der Waals surface area contributed by atoms with Gasteiger partial charge in [-0.3, -0.25) is 4.79 Å². The summed E-state index contributed by atoms with van der Waals surface area (Å²) in [6.45, 7) is 0.394. The Morgan fingerprint density at radius 2 is 1.88 bits per heavy atom. The summed E-state index contributed by atoms with van der Waals surface area (Å²) in [7, 11) is 1.68. The molecular formula is C13H23NO3. The quantitative estimate of drug-likeness (QED) is 0.764. The summed E-state index contributed by atoms with van der Waals surface area (Å²) >= 11 is 0. The van der Waals surface area contributed by atoms with Gasteiger partial charge >= 0.3 is 0 Å². The highest BCUT2D eigenvalue weighted by molar-refractivity contribution is 5.77. The Morgan fingerprint density at radius 3 is 2.35 bits per heavy atom. The second-order valence-corrected chi connectivity index (χ2v) is 5.63. The monoisotopic (exact) mass is 241 g/mol. The first kappa shape index (κ1) is 12.8. The number of carbonyl (C=O) groups excluding carboxylic acids is 1. The minimum absolute atomic E-state index is 0.00637. The molecule has 0 aliphatic heterocycles. The van der Waals surface area contributed by atoms with E-state index in [1.54, 1.807) is 7.11 Å². The van der Waals surface area contributed by atoms with Crippen molar-refractivity contribution in [2.75, 3.05) is 13.7 Å². The lowest BCUT2D eigenvalue weighted by molar-refractivity contribution is -0.135. The maximum atomic E-state index is 11.8. The second kappa shape index (κ2) is 4.94. The largest absolute Gasteiger partial charge is 0.388 e. The van der Waals surface area contributed by atoms with Crippen LogP contribution in [-0.4, -0.2) is 35.9 Å². The third-order valence-electron chi connectivity index (χ3n) is 4.33. The Balaban J connectivity index is 1.74. The molecule has 0 radical (unpaired) electrons. The van der Waals surface area contributed by atoms with Crippen molar-refractivity contribution < 1.29 is 14.6 Å². The predicted molar refractivity (Wildman–Crippen MR) is 64.6 cm³/mol. The fourth-order valence-corrected chi connectivity index (χ4v) is 2.85. The van der Waals surface area contributed by atoms with E-state index in [1.165, 1.54) is 0 Å². The molecule has 98 valence electrons. The molecule has 4 nitrogen and oxygen atoms in total. The molecule has 0 bridgehead atoms. The number of aliphatic hydroxyl groups is 1. The Morgan fingerprint density at radius 1 is 1.24 bits per heavy atom. The van der Waals surface area contributed by atoms with Crippen molar-refractivity contribution in [1.82, 2.24) is 5.32 Å². The van der Waals surface area contributed by atoms with Crippen LogP contribution >= 0.6 is 0 Å². The average Bonchev–Trinajstić information content (AvgIpc) is 2.69. The Bertz CT molecular complexity index is 275. The van der Waals surface area contributed by atoms with Gasteiger partial charge in [-0.05, 0) is 32.1 Å². The average molecular weight is 241 g/mol. The van der Waals surface area contributed by atoms with E-state index >= 15 is 0 Å². The van der Waals surface area contributed by atoms with Crippen molar-refractivity contribution >= 4 is 5.91 Å². The third kappa shape index (κ3) is 2.99. The van der Waals surface area contributed by atoms with E-state index in [2.05, 4.69) is 5.32 Å². The van der Waals surface area contributed by atoms with Crippen LogP contribution in [0.15, 0.2) is 0 Å². The number of rotatable bonds is 5. The van der Waals surface area contributed by atoms with E-state index in [1.807, 2.05) is 0 Å². The standard InChI is InChI=1S/C13H23NO3/c1-17-13(7-4-8-13)9-11(15)14-10-12(16)5-2-3-6-12/h16H,2-10H2,1H3,(H,14,15). The summed E-state index contributed by atoms with van der Waals surface area (Å²) in [5.41, 5.74) is -0.877. The lowest BCUT2D eigenvalue weighted by atomic mass is 9.77. The van der Waals surface area contributed by atoms with E-state index in [0.717, 1.165) is 44.9 Å². The molecule has 2 aliphatic carbocycles. The number of carbonyl (C=O) groups is 1. The van der Waals surface area contributed by atoms with E-state index in [0.29, 0.717) is 13.0 Å². The summed E-state index contributed by atoms with van der Waals surface area (Å²) in [6, 6.07) is 0. The van der Waals surface area contributed by atoms with E-state index in [4.69, 9.17) is 4.74 Å². The summed E-state index contributed by atoms with van der Waals surface area (Å²) in [4.78, 5) is 11.8. The van der Waals surface area contributed by atoms with Gasteiger partial charge in [-0.1, -0.05) is 12.8 Å². The first-order chi connectivity index (χ1) is 8.08. The van der Waals surface area contributed by atoms with E-state index in [9.17, 15) is 9.90 Å². The molecule has 0 atom stereocenters. The van der Waals surface area contributed by atoms with Crippen LogP contribution < -0.4 is 5.32 Å². The van der Waals surface area contributed by atoms with Crippen molar-refractivity contribution in [1.29, 1.82) is 0 Å². The van der Waals surface area contributed by atoms with Crippen LogP contribution in [0.1, 0.15) is 51.4 Å². The normalized spacial score (nSPS) is 25.3. The second-order valence-electron chi connectivity index (χ2n) is 5.63. The van der Waals surface area contributed by atoms with Gasteiger partial charge in [-0.25, -0.2) is 0 Å². The zero-order valence-corrected chi connectivity index (χ0v) is 10.6. The highest BCUT2D eigenvalue weighted by atomic mass is 16.5. The topological polar surface area (TPSA) is 58.6 Å². The Labute approximate surface area is 103 Å². The maximum absolute atomic E-state index is 11.8. The first-order valence-corrected chi connectivity index (χ1v) is 6.62. The minimum atomic E-state index is -0.657. The molecule has 2 rings (SSSR count). The number of nitrogens with one attached hydrogen (secondary N) is 1. The molecule has 1 amide bonds. The van der Waals surface area contributed by atoms with Crippen molar-refractivity contribution in [3.05, 3.63) is 0 Å². The molecule has 0 aromatic carbocycles. The lowest BCUT2D eigenvalue weighted by Crippen LogP contribution is -2.47. The Kier molecular flexibility index (Phi) is 3.73. The molecule has 0 heterocycles. The molecule has 2 aliphatic rings. The minimum Gasteiger partial charge on any atom is -0.388 e. The SMILES string of the molecule is COC1(CC(=O)NCC2(O)CCCC2)CCC1. The van der Waals surface area contributed by atoms with E-state index in [-0.39, 0.29) is 11.5 Å². The number of hydrogen-bond acceptors (Lipinski definition) is 3. The highest BCUT2D eigenvalue weighted by Crippen LogP contribution is 2.38. The van der Waals surface area contributed by atoms with Crippen LogP contribution in [0.25, 0.3) is 0 Å². The first-order valence-electron chi connectivity index (χ1n) is 6.62. The zero-order chi connectivity index (χ0) is 12.4. The summed E-state index contributed by atoms with van der Waals surface area (Å²) < 4.78 is 5.42. The Hall–Kier alpha value is -0.610. The summed E-state index contributed by atoms with van der Waals surface area (Å²) in [5.74, 6) is 0.00637. The summed E-state index contributed by atoms with van der Waals surface area (Å²) in [5, 5.41) is 13.0. The molecule has 17 heavy (non-hydrogen) atoms. The van der Waals surface area contributed by atoms with E-state index < -0.39 is 5.60 Å². The number of methoxy groups -OCH3 is 1. The summed E-state index contributed by atoms with van der Waals surface area (Å²) in [6.07, 6.45) is 7.27. The lowest BCUT2D eigenvalue weighted by Gasteiger charge is -2.40. The van der Waals surface area contributed by atoms with Gasteiger partial charge in [0.15, 0.2) is 0 Å². The van der Waals surface area contributed by atoms with Crippen LogP contribution in [0.3, 0.4) is 0 Å². The number of hydrogen-bond donors (Lipinski definition) is 2. The maximum Gasteiger partial charge on any atom is 0.223 e. The predicted octanol–water partition coefficient (Wildman–Crippen LogP) is 1.37. The molecular weight excluding hydrogens is 218 g/mol. The van der Waals surface area contributed by atoms with Crippen molar-refractivity contribution in [3.63, 3.8) is 0 Å². The van der Waals surface area contributed by atoms with Crippen LogP contribution in [0.4, 0.5) is 0 Å². The van der Waals surface area contributed by atoms with Crippen molar-refractivity contribution in [2.45, 2.75) is 62.6 Å². The fourth-order valence-electron chi connectivity index (χ4n) is 2.85. The molecule has 4 heteroatoms. The van der Waals surface area contributed by atoms with Gasteiger partial charge in [-0.2, -0.15) is 0 Å². The molecule has 0 aromatic heterocycles. The number of amides is 1. The van der Waals surface area contributed by atoms with Gasteiger partial charge in [0.25, 0.3) is 0 Å². The van der Waals surface area contributed by atoms with Crippen LogP contribution in [0, 0.1) is 0 Å². The van der Waals surface area contributed by atoms with Gasteiger partial charge in [0.2, 0.25) is 5.91 Å². The van der Waals surface area contributed by atoms with Gasteiger partial charge < -0.3 is 15.2 Å². The van der Waals surface area contributed by atoms with Gasteiger partial charge in [-0.15, -0.1) is 0 Å². The van der Waals surface area contributed by atoms with Crippen LogP contribution in [0.5, 0.6) is 0 Å². The molecule has 2 N–H and O–H groups in total. The molecule has 0 unspecified atom stereocenters. The molecule has 0 saturated heterocycles. The highest BCUT2D eigenvalue weighted by Gasteiger charge is 2.39. The zero-order valence-electron chi connectivity index (χ0n) is 10.6. The molecule has 2 saturated carbocycles. The molecule has 0 spiro atoms. The van der Waals surface area contributed by atoms with Crippen LogP contribution in [-0.2, 0) is 9.53 Å². The van der Waals surface area contributed by atoms with Gasteiger partial charge in [0, 0.05) is 13.7 Å². The molecule has 0 aromatic rings.